The van der Waals surface area contributed by atoms with E-state index >= 15 is 0 Å². The first-order valence-electron chi connectivity index (χ1n) is 6.87. The molecule has 0 aliphatic rings. The van der Waals surface area contributed by atoms with E-state index in [1.165, 1.54) is 4.31 Å². The van der Waals surface area contributed by atoms with Crippen molar-refractivity contribution in [3.8, 4) is 0 Å². The molecule has 0 fully saturated rings. The fourth-order valence-corrected chi connectivity index (χ4v) is 3.27. The average Bonchev–Trinajstić information content (AvgIpc) is 2.38. The average molecular weight is 314 g/mol. The van der Waals surface area contributed by atoms with E-state index in [2.05, 4.69) is 0 Å². The van der Waals surface area contributed by atoms with Gasteiger partial charge >= 0.3 is 5.97 Å². The second-order valence-electron chi connectivity index (χ2n) is 4.64. The fourth-order valence-electron chi connectivity index (χ4n) is 1.90. The monoisotopic (exact) mass is 314 g/mol. The molecule has 0 saturated heterocycles. The minimum atomic E-state index is -3.70. The predicted octanol–water partition coefficient (Wildman–Crippen LogP) is 1.37. The molecule has 0 unspecified atom stereocenters. The van der Waals surface area contributed by atoms with Crippen LogP contribution in [-0.4, -0.2) is 37.6 Å². The lowest BCUT2D eigenvalue weighted by Crippen LogP contribution is -2.36. The van der Waals surface area contributed by atoms with Gasteiger partial charge in [-0.05, 0) is 31.0 Å². The number of nitrogens with zero attached hydrogens (tertiary/aromatic N) is 1. The van der Waals surface area contributed by atoms with Crippen molar-refractivity contribution in [2.75, 3.05) is 24.6 Å². The maximum Gasteiger partial charge on any atom is 0.322 e. The van der Waals surface area contributed by atoms with Crippen LogP contribution in [0.4, 0.5) is 5.69 Å². The molecule has 21 heavy (non-hydrogen) atoms. The number of nitrogen functional groups attached to an aromatic ring is 1. The molecular weight excluding hydrogens is 292 g/mol. The van der Waals surface area contributed by atoms with E-state index in [1.807, 2.05) is 6.92 Å². The molecule has 0 spiro atoms. The second-order valence-corrected chi connectivity index (χ2v) is 6.61. The minimum Gasteiger partial charge on any atom is -0.465 e. The summed E-state index contributed by atoms with van der Waals surface area (Å²) in [5.74, 6) is -1.37. The van der Waals surface area contributed by atoms with Crippen molar-refractivity contribution < 1.29 is 17.9 Å². The number of carbonyl (C=O) groups is 1. The summed E-state index contributed by atoms with van der Waals surface area (Å²) in [7, 11) is -3.70. The van der Waals surface area contributed by atoms with Crippen molar-refractivity contribution in [3.05, 3.63) is 29.8 Å². The Morgan fingerprint density at radius 3 is 2.62 bits per heavy atom. The minimum absolute atomic E-state index is 0.164. The van der Waals surface area contributed by atoms with Gasteiger partial charge in [-0.3, -0.25) is 4.79 Å². The molecule has 118 valence electrons. The molecule has 1 aromatic carbocycles. The first-order chi connectivity index (χ1) is 9.89. The standard InChI is InChI=1S/C14H22N2O4S/c1-3-8-16(10-12-6-5-7-13(15)9-12)21(18,19)11-14(17)20-4-2/h5-7,9H,3-4,8,10-11,15H2,1-2H3. The third kappa shape index (κ3) is 5.73. The van der Waals surface area contributed by atoms with Crippen LogP contribution in [0.25, 0.3) is 0 Å². The molecule has 0 heterocycles. The lowest BCUT2D eigenvalue weighted by molar-refractivity contribution is -0.140. The van der Waals surface area contributed by atoms with Crippen LogP contribution < -0.4 is 5.73 Å². The molecule has 7 heteroatoms. The molecule has 0 amide bonds. The summed E-state index contributed by atoms with van der Waals surface area (Å²) in [4.78, 5) is 11.4. The zero-order chi connectivity index (χ0) is 15.9. The van der Waals surface area contributed by atoms with Gasteiger partial charge in [0, 0.05) is 18.8 Å². The Labute approximate surface area is 125 Å². The Morgan fingerprint density at radius 1 is 1.33 bits per heavy atom. The highest BCUT2D eigenvalue weighted by molar-refractivity contribution is 7.89. The summed E-state index contributed by atoms with van der Waals surface area (Å²) >= 11 is 0. The van der Waals surface area contributed by atoms with E-state index in [0.29, 0.717) is 18.7 Å². The van der Waals surface area contributed by atoms with E-state index in [0.717, 1.165) is 5.56 Å². The molecule has 1 aromatic rings. The van der Waals surface area contributed by atoms with Crippen LogP contribution in [0, 0.1) is 0 Å². The summed E-state index contributed by atoms with van der Waals surface area (Å²) in [6.07, 6.45) is 0.657. The molecular formula is C14H22N2O4S. The van der Waals surface area contributed by atoms with Crippen LogP contribution in [0.15, 0.2) is 24.3 Å². The molecule has 0 aliphatic carbocycles. The van der Waals surface area contributed by atoms with Gasteiger partial charge in [0.2, 0.25) is 10.0 Å². The largest absolute Gasteiger partial charge is 0.465 e. The van der Waals surface area contributed by atoms with Crippen molar-refractivity contribution in [1.29, 1.82) is 0 Å². The van der Waals surface area contributed by atoms with Crippen molar-refractivity contribution in [2.45, 2.75) is 26.8 Å². The Balaban J connectivity index is 2.87. The summed E-state index contributed by atoms with van der Waals surface area (Å²) < 4.78 is 30.6. The number of hydrogen-bond acceptors (Lipinski definition) is 5. The zero-order valence-corrected chi connectivity index (χ0v) is 13.2. The Morgan fingerprint density at radius 2 is 2.05 bits per heavy atom. The molecule has 0 saturated carbocycles. The highest BCUT2D eigenvalue weighted by Crippen LogP contribution is 2.13. The number of anilines is 1. The summed E-state index contributed by atoms with van der Waals surface area (Å²) in [5, 5.41) is 0. The predicted molar refractivity (Wildman–Crippen MR) is 82.0 cm³/mol. The van der Waals surface area contributed by atoms with Gasteiger partial charge in [-0.25, -0.2) is 8.42 Å². The molecule has 0 atom stereocenters. The highest BCUT2D eigenvalue weighted by atomic mass is 32.2. The number of esters is 1. The first kappa shape index (κ1) is 17.5. The van der Waals surface area contributed by atoms with Gasteiger partial charge in [-0.1, -0.05) is 19.1 Å². The Kier molecular flexibility index (Phi) is 6.64. The Hall–Kier alpha value is -1.60. The van der Waals surface area contributed by atoms with Gasteiger partial charge in [-0.2, -0.15) is 4.31 Å². The molecule has 0 bridgehead atoms. The molecule has 0 radical (unpaired) electrons. The number of sulfonamides is 1. The first-order valence-corrected chi connectivity index (χ1v) is 8.47. The molecule has 1 rings (SSSR count). The number of hydrogen-bond donors (Lipinski definition) is 1. The van der Waals surface area contributed by atoms with Gasteiger partial charge in [0.1, 0.15) is 0 Å². The summed E-state index contributed by atoms with van der Waals surface area (Å²) in [5.41, 5.74) is 7.06. The van der Waals surface area contributed by atoms with Crippen molar-refractivity contribution in [1.82, 2.24) is 4.31 Å². The topological polar surface area (TPSA) is 89.7 Å². The van der Waals surface area contributed by atoms with E-state index in [9.17, 15) is 13.2 Å². The van der Waals surface area contributed by atoms with Crippen LogP contribution in [0.3, 0.4) is 0 Å². The maximum absolute atomic E-state index is 12.3. The van der Waals surface area contributed by atoms with E-state index in [4.69, 9.17) is 10.5 Å². The van der Waals surface area contributed by atoms with Gasteiger partial charge in [0.15, 0.2) is 5.75 Å². The van der Waals surface area contributed by atoms with Crippen molar-refractivity contribution >= 4 is 21.7 Å². The Bertz CT molecular complexity index is 572. The SMILES string of the molecule is CCCN(Cc1cccc(N)c1)S(=O)(=O)CC(=O)OCC. The quantitative estimate of drug-likeness (QED) is 0.578. The van der Waals surface area contributed by atoms with Crippen LogP contribution in [-0.2, 0) is 26.1 Å². The van der Waals surface area contributed by atoms with Crippen LogP contribution in [0.5, 0.6) is 0 Å². The fraction of sp³-hybridized carbons (Fsp3) is 0.500. The van der Waals surface area contributed by atoms with E-state index in [1.54, 1.807) is 31.2 Å². The number of rotatable bonds is 8. The van der Waals surface area contributed by atoms with Crippen LogP contribution in [0.2, 0.25) is 0 Å². The third-order valence-electron chi connectivity index (χ3n) is 2.78. The zero-order valence-electron chi connectivity index (χ0n) is 12.4. The molecule has 0 aliphatic heterocycles. The third-order valence-corrected chi connectivity index (χ3v) is 4.48. The number of ether oxygens (including phenoxy) is 1. The second kappa shape index (κ2) is 7.99. The van der Waals surface area contributed by atoms with Gasteiger partial charge in [0.05, 0.1) is 6.61 Å². The lowest BCUT2D eigenvalue weighted by Gasteiger charge is -2.21. The van der Waals surface area contributed by atoms with Gasteiger partial charge in [0.25, 0.3) is 0 Å². The van der Waals surface area contributed by atoms with Crippen LogP contribution >= 0.6 is 0 Å². The lowest BCUT2D eigenvalue weighted by atomic mass is 10.2. The van der Waals surface area contributed by atoms with Gasteiger partial charge < -0.3 is 10.5 Å². The van der Waals surface area contributed by atoms with Gasteiger partial charge in [-0.15, -0.1) is 0 Å². The maximum atomic E-state index is 12.3. The molecule has 0 aromatic heterocycles. The number of benzene rings is 1. The number of carbonyl (C=O) groups excluding carboxylic acids is 1. The highest BCUT2D eigenvalue weighted by Gasteiger charge is 2.25. The van der Waals surface area contributed by atoms with Crippen LogP contribution in [0.1, 0.15) is 25.8 Å². The van der Waals surface area contributed by atoms with E-state index < -0.39 is 21.7 Å². The number of nitrogens with two attached hydrogens (primary N) is 1. The van der Waals surface area contributed by atoms with E-state index in [-0.39, 0.29) is 13.2 Å². The smallest absolute Gasteiger partial charge is 0.322 e. The normalized spacial score (nSPS) is 11.6. The summed E-state index contributed by atoms with van der Waals surface area (Å²) in [6.45, 7) is 4.22. The van der Waals surface area contributed by atoms with Crippen molar-refractivity contribution in [3.63, 3.8) is 0 Å². The summed E-state index contributed by atoms with van der Waals surface area (Å²) in [6, 6.07) is 7.04. The molecule has 2 N–H and O–H groups in total. The van der Waals surface area contributed by atoms with Crippen molar-refractivity contribution in [2.24, 2.45) is 0 Å². The molecule has 6 nitrogen and oxygen atoms in total.